The van der Waals surface area contributed by atoms with Gasteiger partial charge in [0.25, 0.3) is 0 Å². The molecule has 0 bridgehead atoms. The van der Waals surface area contributed by atoms with Crippen LogP contribution < -0.4 is 10.2 Å². The summed E-state index contributed by atoms with van der Waals surface area (Å²) >= 11 is 6.33. The van der Waals surface area contributed by atoms with E-state index in [0.29, 0.717) is 17.1 Å². The molecule has 29 heavy (non-hydrogen) atoms. The highest BCUT2D eigenvalue weighted by Gasteiger charge is 2.17. The summed E-state index contributed by atoms with van der Waals surface area (Å²) in [5.74, 6) is 0.590. The van der Waals surface area contributed by atoms with Crippen LogP contribution in [-0.2, 0) is 11.2 Å². The summed E-state index contributed by atoms with van der Waals surface area (Å²) in [6.45, 7) is 7.33. The minimum absolute atomic E-state index is 0.335. The zero-order chi connectivity index (χ0) is 20.2. The number of benzene rings is 1. The second kappa shape index (κ2) is 9.28. The second-order valence-corrected chi connectivity index (χ2v) is 8.48. The molecule has 2 aliphatic heterocycles. The third-order valence-electron chi connectivity index (χ3n) is 5.87. The van der Waals surface area contributed by atoms with E-state index in [1.807, 2.05) is 0 Å². The molecule has 2 aromatic rings. The number of likely N-dealkylation sites (N-methyl/N-ethyl adjacent to an activating group) is 1. The van der Waals surface area contributed by atoms with Crippen molar-refractivity contribution < 1.29 is 4.74 Å². The van der Waals surface area contributed by atoms with E-state index in [0.717, 1.165) is 69.9 Å². The highest BCUT2D eigenvalue weighted by atomic mass is 35.5. The first kappa shape index (κ1) is 20.4. The van der Waals surface area contributed by atoms with Crippen molar-refractivity contribution >= 4 is 28.9 Å². The van der Waals surface area contributed by atoms with E-state index in [2.05, 4.69) is 57.3 Å². The predicted octanol–water partition coefficient (Wildman–Crippen LogP) is 4.05. The van der Waals surface area contributed by atoms with Crippen molar-refractivity contribution in [3.63, 3.8) is 0 Å². The zero-order valence-electron chi connectivity index (χ0n) is 17.3. The molecule has 0 radical (unpaired) electrons. The zero-order valence-corrected chi connectivity index (χ0v) is 18.1. The molecule has 0 amide bonds. The van der Waals surface area contributed by atoms with Crippen molar-refractivity contribution in [2.24, 2.45) is 0 Å². The van der Waals surface area contributed by atoms with Gasteiger partial charge in [0.05, 0.1) is 23.0 Å². The van der Waals surface area contributed by atoms with E-state index in [-0.39, 0.29) is 0 Å². The molecule has 156 valence electrons. The molecule has 1 aromatic heterocycles. The van der Waals surface area contributed by atoms with E-state index in [9.17, 15) is 0 Å². The monoisotopic (exact) mass is 415 g/mol. The Morgan fingerprint density at radius 2 is 2.07 bits per heavy atom. The maximum Gasteiger partial charge on any atom is 0.227 e. The first-order valence-corrected chi connectivity index (χ1v) is 10.9. The molecule has 7 heteroatoms. The molecule has 0 saturated carbocycles. The number of piperazine rings is 1. The number of anilines is 3. The van der Waals surface area contributed by atoms with E-state index < -0.39 is 0 Å². The van der Waals surface area contributed by atoms with Crippen LogP contribution in [0, 0.1) is 6.92 Å². The van der Waals surface area contributed by atoms with Gasteiger partial charge in [-0.1, -0.05) is 11.6 Å². The van der Waals surface area contributed by atoms with Crippen LogP contribution in [0.5, 0.6) is 0 Å². The fourth-order valence-electron chi connectivity index (χ4n) is 3.98. The van der Waals surface area contributed by atoms with E-state index in [1.165, 1.54) is 11.3 Å². The molecule has 4 rings (SSSR count). The van der Waals surface area contributed by atoms with Gasteiger partial charge in [0.2, 0.25) is 5.95 Å². The van der Waals surface area contributed by atoms with Crippen molar-refractivity contribution in [3.05, 3.63) is 40.7 Å². The first-order chi connectivity index (χ1) is 14.1. The summed E-state index contributed by atoms with van der Waals surface area (Å²) in [4.78, 5) is 13.9. The van der Waals surface area contributed by atoms with Crippen LogP contribution in [0.1, 0.15) is 30.5 Å². The SMILES string of the molecule is Cc1cc(N2CCN(C)CC2)ccc1Nc1ncc(Cl)c(CC[C@H]2CCCO2)n1. The molecular weight excluding hydrogens is 386 g/mol. The summed E-state index contributed by atoms with van der Waals surface area (Å²) in [5, 5.41) is 3.99. The predicted molar refractivity (Wildman–Crippen MR) is 119 cm³/mol. The number of hydrogen-bond acceptors (Lipinski definition) is 6. The summed E-state index contributed by atoms with van der Waals surface area (Å²) in [7, 11) is 2.18. The summed E-state index contributed by atoms with van der Waals surface area (Å²) in [6, 6.07) is 6.53. The van der Waals surface area contributed by atoms with Crippen LogP contribution in [0.3, 0.4) is 0 Å². The lowest BCUT2D eigenvalue weighted by molar-refractivity contribution is 0.104. The molecule has 0 spiro atoms. The van der Waals surface area contributed by atoms with Gasteiger partial charge < -0.3 is 19.9 Å². The van der Waals surface area contributed by atoms with Gasteiger partial charge in [-0.05, 0) is 63.4 Å². The number of aromatic nitrogens is 2. The third-order valence-corrected chi connectivity index (χ3v) is 6.18. The van der Waals surface area contributed by atoms with Crippen molar-refractivity contribution in [2.75, 3.05) is 50.1 Å². The summed E-state index contributed by atoms with van der Waals surface area (Å²) in [6.07, 6.45) is 6.07. The van der Waals surface area contributed by atoms with Crippen LogP contribution >= 0.6 is 11.6 Å². The number of rotatable bonds is 6. The fraction of sp³-hybridized carbons (Fsp3) is 0.545. The standard InChI is InChI=1S/C22H30ClN5O/c1-16-14-17(28-11-9-27(2)10-12-28)5-7-20(16)25-22-24-15-19(23)21(26-22)8-6-18-4-3-13-29-18/h5,7,14-15,18H,3-4,6,8-13H2,1-2H3,(H,24,25,26)/t18-/m1/s1. The molecule has 2 fully saturated rings. The quantitative estimate of drug-likeness (QED) is 0.768. The number of nitrogens with zero attached hydrogens (tertiary/aromatic N) is 4. The molecule has 2 aliphatic rings. The van der Waals surface area contributed by atoms with Gasteiger partial charge in [-0.15, -0.1) is 0 Å². The van der Waals surface area contributed by atoms with Crippen molar-refractivity contribution in [3.8, 4) is 0 Å². The number of nitrogens with one attached hydrogen (secondary N) is 1. The lowest BCUT2D eigenvalue weighted by atomic mass is 10.1. The van der Waals surface area contributed by atoms with Crippen LogP contribution in [-0.4, -0.2) is 60.8 Å². The van der Waals surface area contributed by atoms with Crippen molar-refractivity contribution in [1.29, 1.82) is 0 Å². The first-order valence-electron chi connectivity index (χ1n) is 10.5. The Bertz CT molecular complexity index is 832. The van der Waals surface area contributed by atoms with E-state index in [4.69, 9.17) is 16.3 Å². The molecule has 1 atom stereocenters. The maximum atomic E-state index is 6.33. The Labute approximate surface area is 178 Å². The molecular formula is C22H30ClN5O. The van der Waals surface area contributed by atoms with Crippen LogP contribution in [0.4, 0.5) is 17.3 Å². The van der Waals surface area contributed by atoms with Crippen LogP contribution in [0.15, 0.2) is 24.4 Å². The van der Waals surface area contributed by atoms with Crippen LogP contribution in [0.2, 0.25) is 5.02 Å². The van der Waals surface area contributed by atoms with Crippen molar-refractivity contribution in [1.82, 2.24) is 14.9 Å². The molecule has 2 saturated heterocycles. The number of aryl methyl sites for hydroxylation is 2. The number of halogens is 1. The Hall–Kier alpha value is -1.89. The summed E-state index contributed by atoms with van der Waals surface area (Å²) < 4.78 is 5.71. The van der Waals surface area contributed by atoms with Gasteiger partial charge >= 0.3 is 0 Å². The smallest absolute Gasteiger partial charge is 0.227 e. The Kier molecular flexibility index (Phi) is 6.53. The highest BCUT2D eigenvalue weighted by molar-refractivity contribution is 6.31. The lowest BCUT2D eigenvalue weighted by Crippen LogP contribution is -2.44. The van der Waals surface area contributed by atoms with Gasteiger partial charge in [0.1, 0.15) is 0 Å². The van der Waals surface area contributed by atoms with Gasteiger partial charge in [0, 0.05) is 44.2 Å². The maximum absolute atomic E-state index is 6.33. The minimum atomic E-state index is 0.335. The largest absolute Gasteiger partial charge is 0.378 e. The Balaban J connectivity index is 1.42. The molecule has 0 unspecified atom stereocenters. The van der Waals surface area contributed by atoms with Gasteiger partial charge in [-0.2, -0.15) is 0 Å². The minimum Gasteiger partial charge on any atom is -0.378 e. The van der Waals surface area contributed by atoms with E-state index >= 15 is 0 Å². The van der Waals surface area contributed by atoms with Gasteiger partial charge in [0.15, 0.2) is 0 Å². The fourth-order valence-corrected chi connectivity index (χ4v) is 4.16. The van der Waals surface area contributed by atoms with Crippen molar-refractivity contribution in [2.45, 2.75) is 38.7 Å². The molecule has 0 aliphatic carbocycles. The van der Waals surface area contributed by atoms with Crippen LogP contribution in [0.25, 0.3) is 0 Å². The lowest BCUT2D eigenvalue weighted by Gasteiger charge is -2.34. The molecule has 3 heterocycles. The molecule has 1 N–H and O–H groups in total. The number of hydrogen-bond donors (Lipinski definition) is 1. The highest BCUT2D eigenvalue weighted by Crippen LogP contribution is 2.26. The second-order valence-electron chi connectivity index (χ2n) is 8.08. The number of ether oxygens (including phenoxy) is 1. The van der Waals surface area contributed by atoms with Gasteiger partial charge in [-0.3, -0.25) is 0 Å². The Morgan fingerprint density at radius 1 is 1.24 bits per heavy atom. The van der Waals surface area contributed by atoms with Gasteiger partial charge in [-0.25, -0.2) is 9.97 Å². The third kappa shape index (κ3) is 5.18. The summed E-state index contributed by atoms with van der Waals surface area (Å²) in [5.41, 5.74) is 4.36. The molecule has 6 nitrogen and oxygen atoms in total. The average Bonchev–Trinajstić information content (AvgIpc) is 3.24. The van der Waals surface area contributed by atoms with E-state index in [1.54, 1.807) is 6.20 Å². The topological polar surface area (TPSA) is 53.5 Å². The molecule has 1 aromatic carbocycles. The normalized spacial score (nSPS) is 20.2. The average molecular weight is 416 g/mol. The Morgan fingerprint density at radius 3 is 2.79 bits per heavy atom.